The molecule has 0 aromatic carbocycles. The number of carbonyl (C=O) groups excluding carboxylic acids is 1. The molecule has 1 fully saturated rings. The van der Waals surface area contributed by atoms with Gasteiger partial charge in [-0.2, -0.15) is 0 Å². The van der Waals surface area contributed by atoms with E-state index >= 15 is 0 Å². The Hall–Kier alpha value is -2.27. The average Bonchev–Trinajstić information content (AvgIpc) is 2.91. The molecule has 0 radical (unpaired) electrons. The van der Waals surface area contributed by atoms with E-state index in [-0.39, 0.29) is 17.7 Å². The summed E-state index contributed by atoms with van der Waals surface area (Å²) in [6.07, 6.45) is 5.28. The Morgan fingerprint density at radius 2 is 2.14 bits per heavy atom. The zero-order chi connectivity index (χ0) is 14.7. The summed E-state index contributed by atoms with van der Waals surface area (Å²) in [4.78, 5) is 23.0. The van der Waals surface area contributed by atoms with E-state index in [4.69, 9.17) is 0 Å². The first-order chi connectivity index (χ1) is 10.2. The monoisotopic (exact) mass is 282 g/mol. The molecule has 0 spiro atoms. The second-order valence-corrected chi connectivity index (χ2v) is 5.42. The van der Waals surface area contributed by atoms with Crippen molar-refractivity contribution in [2.75, 3.05) is 25.5 Å². The molecule has 3 rings (SSSR count). The number of nitrogens with zero attached hydrogens (tertiary/aromatic N) is 3. The predicted molar refractivity (Wildman–Crippen MR) is 80.8 cm³/mol. The number of aromatic nitrogens is 2. The van der Waals surface area contributed by atoms with Gasteiger partial charge in [-0.3, -0.25) is 9.78 Å². The summed E-state index contributed by atoms with van der Waals surface area (Å²) < 4.78 is 0. The fourth-order valence-electron chi connectivity index (χ4n) is 2.85. The Morgan fingerprint density at radius 1 is 1.24 bits per heavy atom. The van der Waals surface area contributed by atoms with Gasteiger partial charge in [0.1, 0.15) is 5.82 Å². The summed E-state index contributed by atoms with van der Waals surface area (Å²) in [5.74, 6) is 0.711. The van der Waals surface area contributed by atoms with Gasteiger partial charge in [0.25, 0.3) is 0 Å². The molecular weight excluding hydrogens is 264 g/mol. The largest absolute Gasteiger partial charge is 0.310 e. The number of likely N-dealkylation sites (tertiary alicyclic amines) is 1. The van der Waals surface area contributed by atoms with Gasteiger partial charge in [-0.1, -0.05) is 12.1 Å². The highest BCUT2D eigenvalue weighted by Gasteiger charge is 2.37. The fraction of sp³-hybridized carbons (Fsp3) is 0.312. The van der Waals surface area contributed by atoms with Gasteiger partial charge in [0.15, 0.2) is 0 Å². The number of pyridine rings is 2. The van der Waals surface area contributed by atoms with Gasteiger partial charge < -0.3 is 10.2 Å². The van der Waals surface area contributed by atoms with Crippen LogP contribution < -0.4 is 5.32 Å². The molecule has 108 valence electrons. The number of hydrogen-bond donors (Lipinski definition) is 1. The summed E-state index contributed by atoms with van der Waals surface area (Å²) in [7, 11) is 2.04. The Morgan fingerprint density at radius 3 is 2.86 bits per heavy atom. The molecular formula is C16H18N4O. The van der Waals surface area contributed by atoms with Gasteiger partial charge in [-0.15, -0.1) is 0 Å². The smallest absolute Gasteiger partial charge is 0.230 e. The van der Waals surface area contributed by atoms with Crippen molar-refractivity contribution < 1.29 is 4.79 Å². The molecule has 3 heterocycles. The van der Waals surface area contributed by atoms with Crippen molar-refractivity contribution in [1.82, 2.24) is 14.9 Å². The summed E-state index contributed by atoms with van der Waals surface area (Å²) in [5.41, 5.74) is 1.11. The van der Waals surface area contributed by atoms with Gasteiger partial charge in [0.05, 0.1) is 5.92 Å². The minimum Gasteiger partial charge on any atom is -0.310 e. The normalized spacial score (nSPS) is 22.1. The molecule has 1 saturated heterocycles. The highest BCUT2D eigenvalue weighted by molar-refractivity contribution is 5.92. The van der Waals surface area contributed by atoms with Crippen LogP contribution in [-0.4, -0.2) is 40.9 Å². The molecule has 1 aliphatic rings. The van der Waals surface area contributed by atoms with Crippen LogP contribution in [0.25, 0.3) is 0 Å². The van der Waals surface area contributed by atoms with Crippen LogP contribution in [0.2, 0.25) is 0 Å². The van der Waals surface area contributed by atoms with Gasteiger partial charge in [0.2, 0.25) is 5.91 Å². The summed E-state index contributed by atoms with van der Waals surface area (Å²) >= 11 is 0. The number of hydrogen-bond acceptors (Lipinski definition) is 4. The SMILES string of the molecule is CN1C[C@@H](C(=O)Nc2ccccn2)[C@H](c2cccnc2)C1. The first-order valence-electron chi connectivity index (χ1n) is 7.04. The number of amides is 1. The van der Waals surface area contributed by atoms with Crippen LogP contribution in [0, 0.1) is 5.92 Å². The quantitative estimate of drug-likeness (QED) is 0.932. The predicted octanol–water partition coefficient (Wildman–Crippen LogP) is 1.76. The molecule has 0 unspecified atom stereocenters. The molecule has 5 nitrogen and oxygen atoms in total. The first kappa shape index (κ1) is 13.7. The maximum Gasteiger partial charge on any atom is 0.230 e. The Labute approximate surface area is 124 Å². The first-order valence-corrected chi connectivity index (χ1v) is 7.04. The summed E-state index contributed by atoms with van der Waals surface area (Å²) in [5, 5.41) is 2.91. The molecule has 1 N–H and O–H groups in total. The highest BCUT2D eigenvalue weighted by atomic mass is 16.2. The molecule has 5 heteroatoms. The number of likely N-dealkylation sites (N-methyl/N-ethyl adjacent to an activating group) is 1. The Balaban J connectivity index is 1.77. The minimum atomic E-state index is -0.0822. The van der Waals surface area contributed by atoms with Gasteiger partial charge >= 0.3 is 0 Å². The van der Waals surface area contributed by atoms with E-state index < -0.39 is 0 Å². The van der Waals surface area contributed by atoms with E-state index in [9.17, 15) is 4.79 Å². The Bertz CT molecular complexity index is 602. The molecule has 1 amide bonds. The molecule has 2 aromatic rings. The molecule has 2 atom stereocenters. The number of nitrogens with one attached hydrogen (secondary N) is 1. The van der Waals surface area contributed by atoms with Crippen molar-refractivity contribution in [3.05, 3.63) is 54.5 Å². The number of anilines is 1. The van der Waals surface area contributed by atoms with Gasteiger partial charge in [-0.25, -0.2) is 4.98 Å². The van der Waals surface area contributed by atoms with Crippen LogP contribution in [0.3, 0.4) is 0 Å². The van der Waals surface area contributed by atoms with Crippen LogP contribution in [0.5, 0.6) is 0 Å². The molecule has 2 aromatic heterocycles. The topological polar surface area (TPSA) is 58.1 Å². The summed E-state index contributed by atoms with van der Waals surface area (Å²) in [6.45, 7) is 1.62. The third kappa shape index (κ3) is 3.08. The third-order valence-electron chi connectivity index (χ3n) is 3.87. The Kier molecular flexibility index (Phi) is 3.92. The van der Waals surface area contributed by atoms with Crippen molar-refractivity contribution in [2.24, 2.45) is 5.92 Å². The van der Waals surface area contributed by atoms with E-state index in [0.717, 1.165) is 18.7 Å². The minimum absolute atomic E-state index is 0.0203. The molecule has 0 saturated carbocycles. The van der Waals surface area contributed by atoms with Crippen molar-refractivity contribution in [3.63, 3.8) is 0 Å². The van der Waals surface area contributed by atoms with E-state index in [0.29, 0.717) is 5.82 Å². The van der Waals surface area contributed by atoms with Crippen LogP contribution in [0.1, 0.15) is 11.5 Å². The van der Waals surface area contributed by atoms with Crippen LogP contribution in [-0.2, 0) is 4.79 Å². The van der Waals surface area contributed by atoms with E-state index in [2.05, 4.69) is 20.2 Å². The van der Waals surface area contributed by atoms with Crippen molar-refractivity contribution >= 4 is 11.7 Å². The molecule has 0 bridgehead atoms. The lowest BCUT2D eigenvalue weighted by molar-refractivity contribution is -0.119. The second kappa shape index (κ2) is 6.01. The van der Waals surface area contributed by atoms with Crippen LogP contribution in [0.4, 0.5) is 5.82 Å². The lowest BCUT2D eigenvalue weighted by Crippen LogP contribution is -2.28. The second-order valence-electron chi connectivity index (χ2n) is 5.42. The van der Waals surface area contributed by atoms with E-state index in [1.54, 1.807) is 18.5 Å². The van der Waals surface area contributed by atoms with Crippen LogP contribution >= 0.6 is 0 Å². The van der Waals surface area contributed by atoms with E-state index in [1.807, 2.05) is 37.5 Å². The maximum absolute atomic E-state index is 12.5. The van der Waals surface area contributed by atoms with E-state index in [1.165, 1.54) is 0 Å². The fourth-order valence-corrected chi connectivity index (χ4v) is 2.85. The third-order valence-corrected chi connectivity index (χ3v) is 3.87. The lowest BCUT2D eigenvalue weighted by Gasteiger charge is -2.17. The molecule has 0 aliphatic carbocycles. The van der Waals surface area contributed by atoms with Gasteiger partial charge in [0, 0.05) is 37.6 Å². The number of rotatable bonds is 3. The average molecular weight is 282 g/mol. The van der Waals surface area contributed by atoms with Gasteiger partial charge in [-0.05, 0) is 30.8 Å². The maximum atomic E-state index is 12.5. The van der Waals surface area contributed by atoms with Crippen molar-refractivity contribution in [2.45, 2.75) is 5.92 Å². The standard InChI is InChI=1S/C16H18N4O/c1-20-10-13(12-5-4-7-17-9-12)14(11-20)16(21)19-15-6-2-3-8-18-15/h2-9,13-14H,10-11H2,1H3,(H,18,19,21)/t13-,14+/m0/s1. The number of carbonyl (C=O) groups is 1. The highest BCUT2D eigenvalue weighted by Crippen LogP contribution is 2.32. The zero-order valence-electron chi connectivity index (χ0n) is 11.9. The molecule has 21 heavy (non-hydrogen) atoms. The summed E-state index contributed by atoms with van der Waals surface area (Å²) in [6, 6.07) is 9.45. The lowest BCUT2D eigenvalue weighted by atomic mass is 9.89. The molecule has 1 aliphatic heterocycles. The zero-order valence-corrected chi connectivity index (χ0v) is 11.9. The van der Waals surface area contributed by atoms with Crippen LogP contribution in [0.15, 0.2) is 48.9 Å². The van der Waals surface area contributed by atoms with Crippen molar-refractivity contribution in [1.29, 1.82) is 0 Å². The van der Waals surface area contributed by atoms with Crippen molar-refractivity contribution in [3.8, 4) is 0 Å².